The van der Waals surface area contributed by atoms with Crippen LogP contribution in [-0.4, -0.2) is 51.3 Å². The zero-order valence-electron chi connectivity index (χ0n) is 16.9. The Morgan fingerprint density at radius 1 is 1.03 bits per heavy atom. The minimum absolute atomic E-state index is 0.108. The summed E-state index contributed by atoms with van der Waals surface area (Å²) in [7, 11) is 3.43. The van der Waals surface area contributed by atoms with E-state index in [4.69, 9.17) is 14.2 Å². The summed E-state index contributed by atoms with van der Waals surface area (Å²) in [6, 6.07) is 14.1. The Morgan fingerprint density at radius 3 is 2.55 bits per heavy atom. The second-order valence-corrected chi connectivity index (χ2v) is 7.25. The van der Waals surface area contributed by atoms with Crippen LogP contribution in [-0.2, 0) is 32.2 Å². The summed E-state index contributed by atoms with van der Waals surface area (Å²) in [5, 5.41) is 2.92. The molecule has 0 spiro atoms. The van der Waals surface area contributed by atoms with E-state index >= 15 is 0 Å². The molecule has 29 heavy (non-hydrogen) atoms. The number of anilines is 1. The lowest BCUT2D eigenvalue weighted by atomic mass is 9.99. The van der Waals surface area contributed by atoms with Crippen molar-refractivity contribution in [2.45, 2.75) is 13.2 Å². The predicted octanol–water partition coefficient (Wildman–Crippen LogP) is 3.13. The maximum atomic E-state index is 12.6. The molecule has 0 saturated carbocycles. The molecule has 0 aromatic heterocycles. The zero-order chi connectivity index (χ0) is 20.2. The number of carbonyl (C=O) groups excluding carboxylic acids is 1. The summed E-state index contributed by atoms with van der Waals surface area (Å²) >= 11 is 0. The van der Waals surface area contributed by atoms with Gasteiger partial charge in [0.15, 0.2) is 0 Å². The number of benzene rings is 2. The third-order valence-electron chi connectivity index (χ3n) is 5.31. The van der Waals surface area contributed by atoms with Gasteiger partial charge in [0.1, 0.15) is 12.4 Å². The number of fused-ring (bicyclic) bond motifs is 2. The van der Waals surface area contributed by atoms with Gasteiger partial charge in [-0.05, 0) is 11.6 Å². The second kappa shape index (κ2) is 8.78. The second-order valence-electron chi connectivity index (χ2n) is 7.25. The van der Waals surface area contributed by atoms with Gasteiger partial charge in [-0.15, -0.1) is 0 Å². The lowest BCUT2D eigenvalue weighted by Crippen LogP contribution is -2.30. The summed E-state index contributed by atoms with van der Waals surface area (Å²) in [5.74, 6) is 0.563. The van der Waals surface area contributed by atoms with Crippen molar-refractivity contribution in [2.75, 3.05) is 45.8 Å². The molecule has 0 bridgehead atoms. The van der Waals surface area contributed by atoms with E-state index in [1.165, 1.54) is 5.56 Å². The standard InChI is InChI=1S/C23H26N2O4/c1-27-11-9-25(10-12-28-2)14-16-7-8-18-17(13-16)15-29-22(18)21-19-5-3-4-6-20(19)24-23(21)26/h3-8,13H,9-12,14-15H2,1-2H3,(H,24,26). The van der Waals surface area contributed by atoms with Gasteiger partial charge in [0, 0.05) is 56.2 Å². The quantitative estimate of drug-likeness (QED) is 0.697. The van der Waals surface area contributed by atoms with Gasteiger partial charge in [-0.3, -0.25) is 9.69 Å². The summed E-state index contributed by atoms with van der Waals surface area (Å²) in [5.41, 5.74) is 5.67. The number of methoxy groups -OCH3 is 2. The fourth-order valence-corrected chi connectivity index (χ4v) is 3.83. The van der Waals surface area contributed by atoms with Crippen LogP contribution < -0.4 is 5.32 Å². The highest BCUT2D eigenvalue weighted by Crippen LogP contribution is 2.41. The first-order valence-corrected chi connectivity index (χ1v) is 9.81. The zero-order valence-corrected chi connectivity index (χ0v) is 16.9. The van der Waals surface area contributed by atoms with E-state index in [1.54, 1.807) is 14.2 Å². The molecule has 0 fully saturated rings. The van der Waals surface area contributed by atoms with Crippen LogP contribution in [0.5, 0.6) is 0 Å². The van der Waals surface area contributed by atoms with E-state index in [0.29, 0.717) is 31.2 Å². The van der Waals surface area contributed by atoms with E-state index in [-0.39, 0.29) is 5.91 Å². The van der Waals surface area contributed by atoms with Crippen LogP contribution in [0.3, 0.4) is 0 Å². The van der Waals surface area contributed by atoms with Gasteiger partial charge in [0.2, 0.25) is 0 Å². The Kier molecular flexibility index (Phi) is 5.94. The van der Waals surface area contributed by atoms with Crippen molar-refractivity contribution in [1.29, 1.82) is 0 Å². The third kappa shape index (κ3) is 4.05. The van der Waals surface area contributed by atoms with Crippen LogP contribution in [0.1, 0.15) is 22.3 Å². The smallest absolute Gasteiger partial charge is 0.260 e. The molecule has 1 N–H and O–H groups in total. The fourth-order valence-electron chi connectivity index (χ4n) is 3.83. The van der Waals surface area contributed by atoms with Crippen LogP contribution in [0.15, 0.2) is 42.5 Å². The molecule has 0 aliphatic carbocycles. The van der Waals surface area contributed by atoms with Crippen molar-refractivity contribution in [3.05, 3.63) is 64.7 Å². The highest BCUT2D eigenvalue weighted by molar-refractivity contribution is 6.36. The van der Waals surface area contributed by atoms with Crippen LogP contribution in [0, 0.1) is 0 Å². The van der Waals surface area contributed by atoms with Gasteiger partial charge < -0.3 is 19.5 Å². The third-order valence-corrected chi connectivity index (χ3v) is 5.31. The molecule has 2 aromatic rings. The van der Waals surface area contributed by atoms with Crippen LogP contribution in [0.4, 0.5) is 5.69 Å². The monoisotopic (exact) mass is 394 g/mol. The van der Waals surface area contributed by atoms with Gasteiger partial charge in [-0.1, -0.05) is 36.4 Å². The summed E-state index contributed by atoms with van der Waals surface area (Å²) in [4.78, 5) is 14.9. The SMILES string of the molecule is COCCN(CCOC)Cc1ccc2c(c1)COC2=C1C(=O)Nc2ccccc21. The summed E-state index contributed by atoms with van der Waals surface area (Å²) < 4.78 is 16.4. The maximum Gasteiger partial charge on any atom is 0.260 e. The van der Waals surface area contributed by atoms with Crippen LogP contribution >= 0.6 is 0 Å². The largest absolute Gasteiger partial charge is 0.487 e. The first-order chi connectivity index (χ1) is 14.2. The molecule has 2 heterocycles. The topological polar surface area (TPSA) is 60.0 Å². The molecule has 152 valence electrons. The van der Waals surface area contributed by atoms with E-state index in [9.17, 15) is 4.79 Å². The molecule has 2 aliphatic rings. The molecule has 6 nitrogen and oxygen atoms in total. The predicted molar refractivity (Wildman–Crippen MR) is 112 cm³/mol. The lowest BCUT2D eigenvalue weighted by molar-refractivity contribution is -0.110. The minimum Gasteiger partial charge on any atom is -0.487 e. The minimum atomic E-state index is -0.108. The van der Waals surface area contributed by atoms with Gasteiger partial charge >= 0.3 is 0 Å². The average molecular weight is 394 g/mol. The molecule has 0 unspecified atom stereocenters. The first kappa shape index (κ1) is 19.6. The highest BCUT2D eigenvalue weighted by atomic mass is 16.5. The number of nitrogens with zero attached hydrogens (tertiary/aromatic N) is 1. The van der Waals surface area contributed by atoms with Crippen molar-refractivity contribution in [1.82, 2.24) is 4.90 Å². The molecule has 1 amide bonds. The molecular weight excluding hydrogens is 368 g/mol. The maximum absolute atomic E-state index is 12.6. The van der Waals surface area contributed by atoms with E-state index in [0.717, 1.165) is 42.0 Å². The van der Waals surface area contributed by atoms with Gasteiger partial charge in [0.25, 0.3) is 5.91 Å². The molecule has 2 aliphatic heterocycles. The Labute approximate surface area is 171 Å². The average Bonchev–Trinajstić information content (AvgIpc) is 3.29. The Morgan fingerprint density at radius 2 is 1.79 bits per heavy atom. The van der Waals surface area contributed by atoms with Crippen molar-refractivity contribution >= 4 is 22.9 Å². The number of carbonyl (C=O) groups is 1. The molecular formula is C23H26N2O4. The fraction of sp³-hybridized carbons (Fsp3) is 0.348. The number of nitrogens with one attached hydrogen (secondary N) is 1. The van der Waals surface area contributed by atoms with Gasteiger partial charge in [-0.25, -0.2) is 0 Å². The summed E-state index contributed by atoms with van der Waals surface area (Å²) in [6.45, 7) is 4.35. The van der Waals surface area contributed by atoms with Crippen molar-refractivity contribution in [2.24, 2.45) is 0 Å². The number of amides is 1. The molecule has 0 radical (unpaired) electrons. The molecule has 6 heteroatoms. The van der Waals surface area contributed by atoms with E-state index in [2.05, 4.69) is 28.4 Å². The number of ether oxygens (including phenoxy) is 3. The van der Waals surface area contributed by atoms with Crippen molar-refractivity contribution in [3.63, 3.8) is 0 Å². The number of hydrogen-bond donors (Lipinski definition) is 1. The number of para-hydroxylation sites is 1. The normalized spacial score (nSPS) is 17.3. The first-order valence-electron chi connectivity index (χ1n) is 9.81. The molecule has 2 aromatic carbocycles. The van der Waals surface area contributed by atoms with E-state index < -0.39 is 0 Å². The van der Waals surface area contributed by atoms with Crippen molar-refractivity contribution < 1.29 is 19.0 Å². The Balaban J connectivity index is 1.59. The van der Waals surface area contributed by atoms with Gasteiger partial charge in [-0.2, -0.15) is 0 Å². The number of rotatable bonds is 8. The van der Waals surface area contributed by atoms with E-state index in [1.807, 2.05) is 24.3 Å². The molecule has 4 rings (SSSR count). The van der Waals surface area contributed by atoms with Crippen LogP contribution in [0.2, 0.25) is 0 Å². The Hall–Kier alpha value is -2.67. The van der Waals surface area contributed by atoms with Crippen LogP contribution in [0.25, 0.3) is 11.3 Å². The Bertz CT molecular complexity index is 930. The summed E-state index contributed by atoms with van der Waals surface area (Å²) in [6.07, 6.45) is 0. The highest BCUT2D eigenvalue weighted by Gasteiger charge is 2.32. The molecule has 0 atom stereocenters. The number of hydrogen-bond acceptors (Lipinski definition) is 5. The van der Waals surface area contributed by atoms with Crippen molar-refractivity contribution in [3.8, 4) is 0 Å². The molecule has 0 saturated heterocycles. The van der Waals surface area contributed by atoms with Gasteiger partial charge in [0.05, 0.1) is 18.8 Å². The lowest BCUT2D eigenvalue weighted by Gasteiger charge is -2.21.